The number of aromatic carboxylic acids is 1. The predicted molar refractivity (Wildman–Crippen MR) is 59.8 cm³/mol. The van der Waals surface area contributed by atoms with Gasteiger partial charge in [-0.05, 0) is 33.5 Å². The zero-order chi connectivity index (χ0) is 11.8. The first-order valence-electron chi connectivity index (χ1n) is 4.47. The highest BCUT2D eigenvalue weighted by molar-refractivity contribution is 9.10. The molecular weight excluding hydrogens is 263 g/mol. The van der Waals surface area contributed by atoms with E-state index in [1.165, 1.54) is 12.1 Å². The highest BCUT2D eigenvalue weighted by Gasteiger charge is 2.26. The van der Waals surface area contributed by atoms with Crippen molar-refractivity contribution in [1.29, 1.82) is 0 Å². The predicted octanol–water partition coefficient (Wildman–Crippen LogP) is 3.58. The summed E-state index contributed by atoms with van der Waals surface area (Å²) in [5.74, 6) is -1.60. The van der Waals surface area contributed by atoms with Gasteiger partial charge in [-0.15, -0.1) is 0 Å². The van der Waals surface area contributed by atoms with Crippen LogP contribution in [0.2, 0.25) is 0 Å². The summed E-state index contributed by atoms with van der Waals surface area (Å²) in [7, 11) is 0. The average molecular weight is 275 g/mol. The molecule has 82 valence electrons. The van der Waals surface area contributed by atoms with E-state index in [0.29, 0.717) is 0 Å². The molecule has 0 saturated carbocycles. The van der Waals surface area contributed by atoms with Crippen LogP contribution in [0.3, 0.4) is 0 Å². The summed E-state index contributed by atoms with van der Waals surface area (Å²) in [5.41, 5.74) is -0.297. The lowest BCUT2D eigenvalue weighted by Gasteiger charge is -2.22. The number of halogens is 2. The van der Waals surface area contributed by atoms with Crippen LogP contribution in [0, 0.1) is 5.82 Å². The Morgan fingerprint density at radius 1 is 1.40 bits per heavy atom. The molecule has 1 aromatic rings. The Hall–Kier alpha value is -0.900. The van der Waals surface area contributed by atoms with E-state index in [-0.39, 0.29) is 15.6 Å². The van der Waals surface area contributed by atoms with Crippen molar-refractivity contribution < 1.29 is 14.3 Å². The van der Waals surface area contributed by atoms with Gasteiger partial charge in [0.25, 0.3) is 0 Å². The third kappa shape index (κ3) is 2.37. The van der Waals surface area contributed by atoms with Crippen LogP contribution in [-0.2, 0) is 5.41 Å². The fourth-order valence-corrected chi connectivity index (χ4v) is 1.79. The van der Waals surface area contributed by atoms with Crippen molar-refractivity contribution in [3.05, 3.63) is 33.5 Å². The summed E-state index contributed by atoms with van der Waals surface area (Å²) >= 11 is 3.05. The minimum Gasteiger partial charge on any atom is -0.478 e. The Labute approximate surface area is 96.2 Å². The maximum atomic E-state index is 13.8. The Balaban J connectivity index is 3.57. The Morgan fingerprint density at radius 2 is 1.93 bits per heavy atom. The first kappa shape index (κ1) is 12.2. The summed E-state index contributed by atoms with van der Waals surface area (Å²) in [6.45, 7) is 5.35. The molecule has 1 N–H and O–H groups in total. The zero-order valence-electron chi connectivity index (χ0n) is 8.77. The molecule has 2 nitrogen and oxygen atoms in total. The largest absolute Gasteiger partial charge is 0.478 e. The van der Waals surface area contributed by atoms with E-state index in [1.54, 1.807) is 20.8 Å². The lowest BCUT2D eigenvalue weighted by atomic mass is 9.83. The van der Waals surface area contributed by atoms with Crippen molar-refractivity contribution in [3.8, 4) is 0 Å². The van der Waals surface area contributed by atoms with Crippen LogP contribution < -0.4 is 0 Å². The fraction of sp³-hybridized carbons (Fsp3) is 0.364. The lowest BCUT2D eigenvalue weighted by molar-refractivity contribution is 0.0693. The SMILES string of the molecule is CC(C)(C)c1c(C(=O)O)ccc(Br)c1F. The number of carbonyl (C=O) groups is 1. The number of carboxylic acids is 1. The summed E-state index contributed by atoms with van der Waals surface area (Å²) < 4.78 is 14.1. The maximum absolute atomic E-state index is 13.8. The standard InChI is InChI=1S/C11H12BrFO2/c1-11(2,3)8-6(10(14)15)4-5-7(12)9(8)13/h4-5H,1-3H3,(H,14,15). The Kier molecular flexibility index (Phi) is 3.19. The number of hydrogen-bond donors (Lipinski definition) is 1. The monoisotopic (exact) mass is 274 g/mol. The molecule has 1 rings (SSSR count). The van der Waals surface area contributed by atoms with Gasteiger partial charge in [0.05, 0.1) is 10.0 Å². The van der Waals surface area contributed by atoms with Crippen LogP contribution >= 0.6 is 15.9 Å². The minimum absolute atomic E-state index is 0.0169. The second-order valence-corrected chi connectivity index (χ2v) is 5.19. The molecule has 0 amide bonds. The molecular formula is C11H12BrFO2. The summed E-state index contributed by atoms with van der Waals surface area (Å²) in [4.78, 5) is 10.9. The van der Waals surface area contributed by atoms with Crippen molar-refractivity contribution in [3.63, 3.8) is 0 Å². The van der Waals surface area contributed by atoms with Gasteiger partial charge in [-0.3, -0.25) is 0 Å². The van der Waals surface area contributed by atoms with Gasteiger partial charge in [0.2, 0.25) is 0 Å². The number of benzene rings is 1. The Bertz CT molecular complexity index is 408. The molecule has 4 heteroatoms. The maximum Gasteiger partial charge on any atom is 0.336 e. The number of carboxylic acid groups (broad SMARTS) is 1. The van der Waals surface area contributed by atoms with Crippen LogP contribution in [0.4, 0.5) is 4.39 Å². The van der Waals surface area contributed by atoms with E-state index in [4.69, 9.17) is 5.11 Å². The first-order valence-corrected chi connectivity index (χ1v) is 5.26. The zero-order valence-corrected chi connectivity index (χ0v) is 10.4. The average Bonchev–Trinajstić information content (AvgIpc) is 2.06. The van der Waals surface area contributed by atoms with E-state index in [0.717, 1.165) is 0 Å². The molecule has 0 heterocycles. The molecule has 0 spiro atoms. The quantitative estimate of drug-likeness (QED) is 0.850. The van der Waals surface area contributed by atoms with Gasteiger partial charge in [0.1, 0.15) is 5.82 Å². The highest BCUT2D eigenvalue weighted by atomic mass is 79.9. The van der Waals surface area contributed by atoms with E-state index >= 15 is 0 Å². The number of rotatable bonds is 1. The van der Waals surface area contributed by atoms with Crippen molar-refractivity contribution in [1.82, 2.24) is 0 Å². The molecule has 0 aliphatic heterocycles. The van der Waals surface area contributed by atoms with Gasteiger partial charge in [-0.25, -0.2) is 9.18 Å². The van der Waals surface area contributed by atoms with Gasteiger partial charge < -0.3 is 5.11 Å². The molecule has 1 aromatic carbocycles. The summed E-state index contributed by atoms with van der Waals surface area (Å²) in [6.07, 6.45) is 0. The van der Waals surface area contributed by atoms with Crippen LogP contribution in [0.25, 0.3) is 0 Å². The van der Waals surface area contributed by atoms with E-state index in [9.17, 15) is 9.18 Å². The van der Waals surface area contributed by atoms with Crippen molar-refractivity contribution in [2.75, 3.05) is 0 Å². The molecule has 0 unspecified atom stereocenters. The molecule has 15 heavy (non-hydrogen) atoms. The second kappa shape index (κ2) is 3.93. The van der Waals surface area contributed by atoms with Crippen LogP contribution in [-0.4, -0.2) is 11.1 Å². The van der Waals surface area contributed by atoms with Gasteiger partial charge in [-0.2, -0.15) is 0 Å². The Morgan fingerprint density at radius 3 is 2.33 bits per heavy atom. The van der Waals surface area contributed by atoms with Crippen LogP contribution in [0.1, 0.15) is 36.7 Å². The summed E-state index contributed by atoms with van der Waals surface area (Å²) in [6, 6.07) is 2.82. The van der Waals surface area contributed by atoms with Crippen molar-refractivity contribution in [2.45, 2.75) is 26.2 Å². The third-order valence-electron chi connectivity index (χ3n) is 2.08. The molecule has 0 saturated heterocycles. The van der Waals surface area contributed by atoms with E-state index < -0.39 is 17.2 Å². The molecule has 0 aromatic heterocycles. The normalized spacial score (nSPS) is 11.5. The molecule has 0 aliphatic rings. The highest BCUT2D eigenvalue weighted by Crippen LogP contribution is 2.32. The minimum atomic E-state index is -1.11. The van der Waals surface area contributed by atoms with Gasteiger partial charge in [0, 0.05) is 5.56 Å². The van der Waals surface area contributed by atoms with Gasteiger partial charge >= 0.3 is 5.97 Å². The molecule has 0 fully saturated rings. The summed E-state index contributed by atoms with van der Waals surface area (Å²) in [5, 5.41) is 8.96. The van der Waals surface area contributed by atoms with Crippen LogP contribution in [0.15, 0.2) is 16.6 Å². The smallest absolute Gasteiger partial charge is 0.336 e. The topological polar surface area (TPSA) is 37.3 Å². The molecule has 0 aliphatic carbocycles. The second-order valence-electron chi connectivity index (χ2n) is 4.34. The van der Waals surface area contributed by atoms with E-state index in [2.05, 4.69) is 15.9 Å². The van der Waals surface area contributed by atoms with Crippen molar-refractivity contribution in [2.24, 2.45) is 0 Å². The molecule has 0 atom stereocenters. The van der Waals surface area contributed by atoms with Crippen molar-refractivity contribution >= 4 is 21.9 Å². The van der Waals surface area contributed by atoms with Gasteiger partial charge in [-0.1, -0.05) is 20.8 Å². The fourth-order valence-electron chi connectivity index (χ4n) is 1.46. The van der Waals surface area contributed by atoms with E-state index in [1.807, 2.05) is 0 Å². The van der Waals surface area contributed by atoms with Crippen LogP contribution in [0.5, 0.6) is 0 Å². The lowest BCUT2D eigenvalue weighted by Crippen LogP contribution is -2.19. The third-order valence-corrected chi connectivity index (χ3v) is 2.69. The molecule has 0 radical (unpaired) electrons. The first-order chi connectivity index (χ1) is 6.75. The number of hydrogen-bond acceptors (Lipinski definition) is 1. The molecule has 0 bridgehead atoms. The van der Waals surface area contributed by atoms with Gasteiger partial charge in [0.15, 0.2) is 0 Å².